The first-order valence-corrected chi connectivity index (χ1v) is 6.55. The van der Waals surface area contributed by atoms with Gasteiger partial charge in [0.25, 0.3) is 0 Å². The lowest BCUT2D eigenvalue weighted by Crippen LogP contribution is -2.57. The summed E-state index contributed by atoms with van der Waals surface area (Å²) < 4.78 is 10.5. The Labute approximate surface area is 124 Å². The first kappa shape index (κ1) is 16.8. The highest BCUT2D eigenvalue weighted by molar-refractivity contribution is 5.84. The largest absolute Gasteiger partial charge is 0.491 e. The van der Waals surface area contributed by atoms with Gasteiger partial charge in [-0.3, -0.25) is 0 Å². The number of benzene rings is 1. The molecule has 0 aliphatic rings. The van der Waals surface area contributed by atoms with Crippen molar-refractivity contribution in [1.29, 1.82) is 0 Å². The van der Waals surface area contributed by atoms with E-state index in [2.05, 4.69) is 5.32 Å². The summed E-state index contributed by atoms with van der Waals surface area (Å²) in [6.07, 6.45) is -0.802. The Morgan fingerprint density at radius 2 is 1.71 bits per heavy atom. The molecule has 0 bridgehead atoms. The van der Waals surface area contributed by atoms with Gasteiger partial charge in [0.05, 0.1) is 0 Å². The van der Waals surface area contributed by atoms with Crippen LogP contribution in [-0.2, 0) is 9.53 Å². The Morgan fingerprint density at radius 1 is 1.14 bits per heavy atom. The average molecular weight is 295 g/mol. The fraction of sp³-hybridized carbons (Fsp3) is 0.467. The van der Waals surface area contributed by atoms with Gasteiger partial charge >= 0.3 is 12.1 Å². The van der Waals surface area contributed by atoms with Crippen LogP contribution in [-0.4, -0.2) is 34.9 Å². The van der Waals surface area contributed by atoms with Gasteiger partial charge in [-0.15, -0.1) is 0 Å². The van der Waals surface area contributed by atoms with E-state index in [-0.39, 0.29) is 6.61 Å². The van der Waals surface area contributed by atoms with Gasteiger partial charge < -0.3 is 19.9 Å². The lowest BCUT2D eigenvalue weighted by Gasteiger charge is -2.28. The molecule has 0 aromatic heterocycles. The van der Waals surface area contributed by atoms with Gasteiger partial charge in [0.1, 0.15) is 18.0 Å². The molecule has 0 spiro atoms. The quantitative estimate of drug-likeness (QED) is 0.871. The first-order chi connectivity index (χ1) is 9.62. The number of alkyl carbamates (subject to hydrolysis) is 1. The zero-order chi connectivity index (χ0) is 16.1. The maximum Gasteiger partial charge on any atom is 0.408 e. The summed E-state index contributed by atoms with van der Waals surface area (Å²) in [6.45, 7) is 6.25. The van der Waals surface area contributed by atoms with Gasteiger partial charge in [-0.25, -0.2) is 9.59 Å². The van der Waals surface area contributed by atoms with E-state index < -0.39 is 23.2 Å². The minimum absolute atomic E-state index is 0.217. The molecular formula is C15H21NO5. The van der Waals surface area contributed by atoms with Crippen molar-refractivity contribution in [2.45, 2.75) is 38.8 Å². The van der Waals surface area contributed by atoms with Crippen LogP contribution in [0.15, 0.2) is 30.3 Å². The number of carboxylic acid groups (broad SMARTS) is 1. The smallest absolute Gasteiger partial charge is 0.408 e. The third-order valence-corrected chi connectivity index (χ3v) is 2.52. The van der Waals surface area contributed by atoms with E-state index in [1.165, 1.54) is 6.92 Å². The summed E-state index contributed by atoms with van der Waals surface area (Å²) in [5.74, 6) is -0.680. The van der Waals surface area contributed by atoms with Crippen LogP contribution < -0.4 is 10.1 Å². The van der Waals surface area contributed by atoms with E-state index in [0.29, 0.717) is 5.75 Å². The predicted molar refractivity (Wildman–Crippen MR) is 77.3 cm³/mol. The second kappa shape index (κ2) is 6.47. The van der Waals surface area contributed by atoms with Crippen molar-refractivity contribution in [3.8, 4) is 5.75 Å². The van der Waals surface area contributed by atoms with E-state index >= 15 is 0 Å². The summed E-state index contributed by atoms with van der Waals surface area (Å²) in [7, 11) is 0. The molecule has 0 saturated heterocycles. The second-order valence-corrected chi connectivity index (χ2v) is 5.87. The van der Waals surface area contributed by atoms with Crippen molar-refractivity contribution in [2.75, 3.05) is 6.61 Å². The van der Waals surface area contributed by atoms with Crippen molar-refractivity contribution in [3.63, 3.8) is 0 Å². The standard InChI is InChI=1S/C15H21NO5/c1-14(2,3)21-13(19)16-15(4,12(17)18)10-20-11-8-6-5-7-9-11/h5-9H,10H2,1-4H3,(H,16,19)(H,17,18). The van der Waals surface area contributed by atoms with Crippen molar-refractivity contribution >= 4 is 12.1 Å². The topological polar surface area (TPSA) is 84.9 Å². The lowest BCUT2D eigenvalue weighted by molar-refractivity contribution is -0.145. The summed E-state index contributed by atoms with van der Waals surface area (Å²) in [6, 6.07) is 8.77. The molecule has 1 aromatic rings. The zero-order valence-corrected chi connectivity index (χ0v) is 12.7. The Morgan fingerprint density at radius 3 is 2.19 bits per heavy atom. The summed E-state index contributed by atoms with van der Waals surface area (Å²) in [5, 5.41) is 11.6. The molecule has 0 saturated carbocycles. The van der Waals surface area contributed by atoms with Gasteiger partial charge in [-0.2, -0.15) is 0 Å². The highest BCUT2D eigenvalue weighted by atomic mass is 16.6. The number of carboxylic acids is 1. The van der Waals surface area contributed by atoms with Crippen LogP contribution in [0.4, 0.5) is 4.79 Å². The highest BCUT2D eigenvalue weighted by Gasteiger charge is 2.37. The molecule has 1 unspecified atom stereocenters. The number of amides is 1. The number of nitrogens with one attached hydrogen (secondary N) is 1. The second-order valence-electron chi connectivity index (χ2n) is 5.87. The van der Waals surface area contributed by atoms with Crippen LogP contribution >= 0.6 is 0 Å². The normalized spacial score (nSPS) is 13.9. The van der Waals surface area contributed by atoms with Crippen LogP contribution in [0.1, 0.15) is 27.7 Å². The monoisotopic (exact) mass is 295 g/mol. The highest BCUT2D eigenvalue weighted by Crippen LogP contribution is 2.14. The third kappa shape index (κ3) is 5.72. The SMILES string of the molecule is CC(C)(C)OC(=O)NC(C)(COc1ccccc1)C(=O)O. The maximum absolute atomic E-state index is 11.7. The van der Waals surface area contributed by atoms with E-state index in [0.717, 1.165) is 0 Å². The number of hydrogen-bond donors (Lipinski definition) is 2. The van der Waals surface area contributed by atoms with Crippen molar-refractivity contribution in [2.24, 2.45) is 0 Å². The number of carbonyl (C=O) groups is 2. The van der Waals surface area contributed by atoms with Crippen molar-refractivity contribution < 1.29 is 24.2 Å². The van der Waals surface area contributed by atoms with Crippen molar-refractivity contribution in [3.05, 3.63) is 30.3 Å². The van der Waals surface area contributed by atoms with E-state index in [4.69, 9.17) is 9.47 Å². The minimum Gasteiger partial charge on any atom is -0.491 e. The molecule has 0 heterocycles. The van der Waals surface area contributed by atoms with Crippen LogP contribution in [0, 0.1) is 0 Å². The molecule has 2 N–H and O–H groups in total. The predicted octanol–water partition coefficient (Wildman–Crippen LogP) is 2.43. The van der Waals surface area contributed by atoms with Gasteiger partial charge in [-0.1, -0.05) is 18.2 Å². The van der Waals surface area contributed by atoms with Gasteiger partial charge in [-0.05, 0) is 39.8 Å². The number of ether oxygens (including phenoxy) is 2. The number of carbonyl (C=O) groups excluding carboxylic acids is 1. The fourth-order valence-electron chi connectivity index (χ4n) is 1.42. The van der Waals surface area contributed by atoms with Gasteiger partial charge in [0.2, 0.25) is 0 Å². The number of aliphatic carboxylic acids is 1. The molecule has 1 amide bonds. The van der Waals surface area contributed by atoms with Crippen molar-refractivity contribution in [1.82, 2.24) is 5.32 Å². The maximum atomic E-state index is 11.7. The Kier molecular flexibility index (Phi) is 5.18. The summed E-state index contributed by atoms with van der Waals surface area (Å²) in [4.78, 5) is 23.1. The fourth-order valence-corrected chi connectivity index (χ4v) is 1.42. The Hall–Kier alpha value is -2.24. The Bertz CT molecular complexity index is 495. The summed E-state index contributed by atoms with van der Waals surface area (Å²) >= 11 is 0. The molecule has 21 heavy (non-hydrogen) atoms. The molecule has 1 atom stereocenters. The van der Waals surface area contributed by atoms with Gasteiger partial charge in [0.15, 0.2) is 5.54 Å². The summed E-state index contributed by atoms with van der Waals surface area (Å²) in [5.41, 5.74) is -2.29. The molecule has 6 heteroatoms. The molecular weight excluding hydrogens is 274 g/mol. The number of para-hydroxylation sites is 1. The number of rotatable bonds is 5. The first-order valence-electron chi connectivity index (χ1n) is 6.55. The molecule has 1 rings (SSSR count). The molecule has 0 fully saturated rings. The van der Waals surface area contributed by atoms with Crippen LogP contribution in [0.2, 0.25) is 0 Å². The van der Waals surface area contributed by atoms with Crippen LogP contribution in [0.25, 0.3) is 0 Å². The molecule has 116 valence electrons. The lowest BCUT2D eigenvalue weighted by atomic mass is 10.1. The molecule has 6 nitrogen and oxygen atoms in total. The molecule has 1 aromatic carbocycles. The minimum atomic E-state index is -1.59. The molecule has 0 aliphatic heterocycles. The van der Waals surface area contributed by atoms with E-state index in [1.807, 2.05) is 6.07 Å². The van der Waals surface area contributed by atoms with E-state index in [9.17, 15) is 14.7 Å². The Balaban J connectivity index is 2.70. The third-order valence-electron chi connectivity index (χ3n) is 2.52. The average Bonchev–Trinajstić information content (AvgIpc) is 2.35. The van der Waals surface area contributed by atoms with Gasteiger partial charge in [0, 0.05) is 0 Å². The van der Waals surface area contributed by atoms with Crippen LogP contribution in [0.3, 0.4) is 0 Å². The number of hydrogen-bond acceptors (Lipinski definition) is 4. The zero-order valence-electron chi connectivity index (χ0n) is 12.7. The molecule has 0 radical (unpaired) electrons. The van der Waals surface area contributed by atoms with Crippen LogP contribution in [0.5, 0.6) is 5.75 Å². The van der Waals surface area contributed by atoms with E-state index in [1.54, 1.807) is 45.0 Å². The molecule has 0 aliphatic carbocycles.